The van der Waals surface area contributed by atoms with Crippen LogP contribution < -0.4 is 5.73 Å². The maximum Gasteiger partial charge on any atom is 0.104 e. The molecule has 2 heteroatoms. The molecule has 1 saturated carbocycles. The SMILES string of the molecule is Cc1cc(C2(CCN)CCC2)c(C)o1. The minimum atomic E-state index is 0.358. The molecule has 0 saturated heterocycles. The molecule has 0 radical (unpaired) electrons. The summed E-state index contributed by atoms with van der Waals surface area (Å²) >= 11 is 0. The van der Waals surface area contributed by atoms with Crippen molar-refractivity contribution in [3.63, 3.8) is 0 Å². The van der Waals surface area contributed by atoms with Crippen LogP contribution >= 0.6 is 0 Å². The van der Waals surface area contributed by atoms with Gasteiger partial charge in [0, 0.05) is 0 Å². The van der Waals surface area contributed by atoms with Gasteiger partial charge in [-0.3, -0.25) is 0 Å². The molecule has 0 atom stereocenters. The van der Waals surface area contributed by atoms with Crippen molar-refractivity contribution >= 4 is 0 Å². The molecule has 1 aliphatic rings. The third kappa shape index (κ3) is 1.38. The van der Waals surface area contributed by atoms with Crippen LogP contribution in [0.15, 0.2) is 10.5 Å². The van der Waals surface area contributed by atoms with Gasteiger partial charge in [-0.25, -0.2) is 0 Å². The molecule has 0 aliphatic heterocycles. The summed E-state index contributed by atoms with van der Waals surface area (Å²) in [4.78, 5) is 0. The van der Waals surface area contributed by atoms with E-state index in [9.17, 15) is 0 Å². The molecule has 1 fully saturated rings. The lowest BCUT2D eigenvalue weighted by Gasteiger charge is -2.41. The third-order valence-electron chi connectivity index (χ3n) is 3.55. The first-order valence-corrected chi connectivity index (χ1v) is 5.45. The molecular weight excluding hydrogens is 174 g/mol. The molecule has 1 aromatic rings. The van der Waals surface area contributed by atoms with Gasteiger partial charge in [-0.2, -0.15) is 0 Å². The van der Waals surface area contributed by atoms with Gasteiger partial charge in [0.25, 0.3) is 0 Å². The van der Waals surface area contributed by atoms with Crippen LogP contribution in [0.2, 0.25) is 0 Å². The standard InChI is InChI=1S/C12H19NO/c1-9-8-11(10(2)14-9)12(6-7-13)4-3-5-12/h8H,3-7,13H2,1-2H3. The summed E-state index contributed by atoms with van der Waals surface area (Å²) in [5.74, 6) is 2.12. The highest BCUT2D eigenvalue weighted by Gasteiger charge is 2.40. The smallest absolute Gasteiger partial charge is 0.104 e. The van der Waals surface area contributed by atoms with Crippen molar-refractivity contribution in [2.75, 3.05) is 6.54 Å². The van der Waals surface area contributed by atoms with Crippen molar-refractivity contribution in [3.05, 3.63) is 23.2 Å². The first-order valence-electron chi connectivity index (χ1n) is 5.45. The second-order valence-corrected chi connectivity index (χ2v) is 4.50. The Balaban J connectivity index is 2.31. The van der Waals surface area contributed by atoms with E-state index in [1.807, 2.05) is 6.92 Å². The quantitative estimate of drug-likeness (QED) is 0.801. The van der Waals surface area contributed by atoms with Crippen molar-refractivity contribution in [2.24, 2.45) is 5.73 Å². The molecule has 0 aromatic carbocycles. The van der Waals surface area contributed by atoms with Gasteiger partial charge in [0.05, 0.1) is 0 Å². The van der Waals surface area contributed by atoms with Gasteiger partial charge < -0.3 is 10.2 Å². The fourth-order valence-corrected chi connectivity index (χ4v) is 2.69. The molecule has 1 aromatic heterocycles. The van der Waals surface area contributed by atoms with Crippen LogP contribution in [-0.2, 0) is 5.41 Å². The molecule has 2 N–H and O–H groups in total. The molecule has 0 bridgehead atoms. The molecule has 0 amide bonds. The molecule has 1 aliphatic carbocycles. The lowest BCUT2D eigenvalue weighted by atomic mass is 9.62. The molecule has 14 heavy (non-hydrogen) atoms. The van der Waals surface area contributed by atoms with Crippen molar-refractivity contribution in [1.82, 2.24) is 0 Å². The molecule has 2 rings (SSSR count). The summed E-state index contributed by atoms with van der Waals surface area (Å²) in [6.45, 7) is 4.87. The van der Waals surface area contributed by atoms with Gasteiger partial charge in [0.15, 0.2) is 0 Å². The number of furan rings is 1. The largest absolute Gasteiger partial charge is 0.466 e. The highest BCUT2D eigenvalue weighted by Crippen LogP contribution is 2.47. The van der Waals surface area contributed by atoms with E-state index >= 15 is 0 Å². The average molecular weight is 193 g/mol. The normalized spacial score (nSPS) is 19.4. The van der Waals surface area contributed by atoms with Crippen LogP contribution in [0.1, 0.15) is 42.8 Å². The predicted molar refractivity (Wildman–Crippen MR) is 57.4 cm³/mol. The summed E-state index contributed by atoms with van der Waals surface area (Å²) in [6.07, 6.45) is 5.00. The van der Waals surface area contributed by atoms with Gasteiger partial charge >= 0.3 is 0 Å². The van der Waals surface area contributed by atoms with E-state index in [1.165, 1.54) is 24.8 Å². The Labute approximate surface area is 85.5 Å². The van der Waals surface area contributed by atoms with Gasteiger partial charge in [-0.15, -0.1) is 0 Å². The second-order valence-electron chi connectivity index (χ2n) is 4.50. The van der Waals surface area contributed by atoms with Crippen LogP contribution in [0.25, 0.3) is 0 Å². The fraction of sp³-hybridized carbons (Fsp3) is 0.667. The van der Waals surface area contributed by atoms with E-state index in [4.69, 9.17) is 10.2 Å². The van der Waals surface area contributed by atoms with Crippen LogP contribution in [0.5, 0.6) is 0 Å². The predicted octanol–water partition coefficient (Wildman–Crippen LogP) is 2.67. The van der Waals surface area contributed by atoms with E-state index < -0.39 is 0 Å². The van der Waals surface area contributed by atoms with Gasteiger partial charge in [0.2, 0.25) is 0 Å². The summed E-state index contributed by atoms with van der Waals surface area (Å²) in [7, 11) is 0. The Morgan fingerprint density at radius 2 is 2.14 bits per heavy atom. The minimum absolute atomic E-state index is 0.358. The average Bonchev–Trinajstić information content (AvgIpc) is 2.38. The molecule has 78 valence electrons. The van der Waals surface area contributed by atoms with E-state index in [-0.39, 0.29) is 0 Å². The summed E-state index contributed by atoms with van der Waals surface area (Å²) in [5, 5.41) is 0. The van der Waals surface area contributed by atoms with Gasteiger partial charge in [-0.1, -0.05) is 6.42 Å². The van der Waals surface area contributed by atoms with Crippen molar-refractivity contribution in [2.45, 2.75) is 44.9 Å². The maximum atomic E-state index is 5.69. The van der Waals surface area contributed by atoms with E-state index in [0.717, 1.165) is 24.5 Å². The van der Waals surface area contributed by atoms with E-state index in [0.29, 0.717) is 5.41 Å². The minimum Gasteiger partial charge on any atom is -0.466 e. The number of nitrogens with two attached hydrogens (primary N) is 1. The maximum absolute atomic E-state index is 5.69. The van der Waals surface area contributed by atoms with Crippen LogP contribution in [-0.4, -0.2) is 6.54 Å². The van der Waals surface area contributed by atoms with Crippen LogP contribution in [0.4, 0.5) is 0 Å². The number of hydrogen-bond acceptors (Lipinski definition) is 2. The molecular formula is C12H19NO. The number of rotatable bonds is 3. The zero-order valence-electron chi connectivity index (χ0n) is 9.10. The summed E-state index contributed by atoms with van der Waals surface area (Å²) in [6, 6.07) is 2.20. The fourth-order valence-electron chi connectivity index (χ4n) is 2.69. The van der Waals surface area contributed by atoms with Crippen molar-refractivity contribution in [1.29, 1.82) is 0 Å². The number of aryl methyl sites for hydroxylation is 2. The lowest BCUT2D eigenvalue weighted by Crippen LogP contribution is -2.36. The molecule has 1 heterocycles. The Kier molecular flexibility index (Phi) is 2.40. The zero-order valence-corrected chi connectivity index (χ0v) is 9.10. The van der Waals surface area contributed by atoms with E-state index in [2.05, 4.69) is 13.0 Å². The summed E-state index contributed by atoms with van der Waals surface area (Å²) in [5.41, 5.74) is 7.45. The van der Waals surface area contributed by atoms with Gasteiger partial charge in [0.1, 0.15) is 11.5 Å². The van der Waals surface area contributed by atoms with Gasteiger partial charge in [-0.05, 0) is 56.7 Å². The zero-order chi connectivity index (χ0) is 10.2. The Bertz CT molecular complexity index is 323. The Hall–Kier alpha value is -0.760. The second kappa shape index (κ2) is 3.43. The van der Waals surface area contributed by atoms with Crippen molar-refractivity contribution in [3.8, 4) is 0 Å². The summed E-state index contributed by atoms with van der Waals surface area (Å²) < 4.78 is 5.60. The first-order chi connectivity index (χ1) is 6.68. The topological polar surface area (TPSA) is 39.2 Å². The Morgan fingerprint density at radius 1 is 1.43 bits per heavy atom. The monoisotopic (exact) mass is 193 g/mol. The molecule has 0 spiro atoms. The van der Waals surface area contributed by atoms with Crippen molar-refractivity contribution < 1.29 is 4.42 Å². The molecule has 2 nitrogen and oxygen atoms in total. The Morgan fingerprint density at radius 3 is 2.50 bits per heavy atom. The lowest BCUT2D eigenvalue weighted by molar-refractivity contribution is 0.226. The first kappa shape index (κ1) is 9.78. The highest BCUT2D eigenvalue weighted by molar-refractivity contribution is 5.32. The molecule has 0 unspecified atom stereocenters. The number of hydrogen-bond donors (Lipinski definition) is 1. The third-order valence-corrected chi connectivity index (χ3v) is 3.55. The van der Waals surface area contributed by atoms with Crippen LogP contribution in [0.3, 0.4) is 0 Å². The highest BCUT2D eigenvalue weighted by atomic mass is 16.3. The van der Waals surface area contributed by atoms with E-state index in [1.54, 1.807) is 0 Å². The van der Waals surface area contributed by atoms with Crippen LogP contribution in [0, 0.1) is 13.8 Å².